The van der Waals surface area contributed by atoms with Gasteiger partial charge < -0.3 is 9.64 Å². The molecular weight excluding hydrogens is 242 g/mol. The summed E-state index contributed by atoms with van der Waals surface area (Å²) in [4.78, 5) is 26.6. The minimum atomic E-state index is -0.515. The van der Waals surface area contributed by atoms with E-state index in [-0.39, 0.29) is 29.9 Å². The molecule has 0 radical (unpaired) electrons. The highest BCUT2D eigenvalue weighted by Gasteiger charge is 2.56. The van der Waals surface area contributed by atoms with Gasteiger partial charge in [-0.25, -0.2) is 0 Å². The van der Waals surface area contributed by atoms with Crippen molar-refractivity contribution < 1.29 is 14.3 Å². The minimum absolute atomic E-state index is 0.0562. The van der Waals surface area contributed by atoms with E-state index in [1.54, 1.807) is 0 Å². The third-order valence-electron chi connectivity index (χ3n) is 5.14. The van der Waals surface area contributed by atoms with Crippen LogP contribution in [0.15, 0.2) is 12.2 Å². The highest BCUT2D eigenvalue weighted by Crippen LogP contribution is 2.45. The standard InChI is InChI=1S/C15H19NO3/c17-12-9-11-6-8-15(19-11)7-2-1-3-10-4-5-13(18)16(10)14(12)15/h6,8,10-11,14H,1-5,7,9H2/t10-,11-,14+,15+/m1/s1. The summed E-state index contributed by atoms with van der Waals surface area (Å²) in [5.74, 6) is 0.343. The molecule has 3 fully saturated rings. The third kappa shape index (κ3) is 1.55. The largest absolute Gasteiger partial charge is 0.361 e. The van der Waals surface area contributed by atoms with E-state index in [4.69, 9.17) is 4.74 Å². The summed E-state index contributed by atoms with van der Waals surface area (Å²) in [5, 5.41) is 0. The lowest BCUT2D eigenvalue weighted by Gasteiger charge is -2.47. The molecule has 0 unspecified atom stereocenters. The molecule has 0 aromatic heterocycles. The van der Waals surface area contributed by atoms with Gasteiger partial charge in [-0.3, -0.25) is 9.59 Å². The number of ether oxygens (including phenoxy) is 1. The van der Waals surface area contributed by atoms with Crippen LogP contribution in [-0.4, -0.2) is 40.4 Å². The van der Waals surface area contributed by atoms with Gasteiger partial charge in [-0.05, 0) is 19.3 Å². The number of amides is 1. The summed E-state index contributed by atoms with van der Waals surface area (Å²) in [5.41, 5.74) is -0.515. The van der Waals surface area contributed by atoms with Crippen LogP contribution in [0.3, 0.4) is 0 Å². The van der Waals surface area contributed by atoms with Crippen LogP contribution in [0.25, 0.3) is 0 Å². The van der Waals surface area contributed by atoms with Crippen LogP contribution in [0.2, 0.25) is 0 Å². The number of ketones is 1. The first-order valence-corrected chi connectivity index (χ1v) is 7.41. The van der Waals surface area contributed by atoms with E-state index in [1.165, 1.54) is 0 Å². The summed E-state index contributed by atoms with van der Waals surface area (Å²) >= 11 is 0. The maximum Gasteiger partial charge on any atom is 0.223 e. The van der Waals surface area contributed by atoms with Crippen molar-refractivity contribution in [2.24, 2.45) is 0 Å². The fourth-order valence-corrected chi connectivity index (χ4v) is 4.33. The second-order valence-electron chi connectivity index (χ2n) is 6.28. The van der Waals surface area contributed by atoms with Gasteiger partial charge in [0.15, 0.2) is 5.78 Å². The molecule has 3 saturated heterocycles. The number of fused-ring (bicyclic) bond motifs is 3. The number of Topliss-reactive ketones (excluding diaryl/α,β-unsaturated/α-hetero) is 1. The lowest BCUT2D eigenvalue weighted by molar-refractivity contribution is -0.166. The molecule has 102 valence electrons. The molecule has 0 aromatic carbocycles. The maximum atomic E-state index is 12.5. The summed E-state index contributed by atoms with van der Waals surface area (Å²) in [6, 6.07) is -0.101. The average molecular weight is 261 g/mol. The van der Waals surface area contributed by atoms with Crippen LogP contribution in [0.4, 0.5) is 0 Å². The van der Waals surface area contributed by atoms with E-state index in [0.29, 0.717) is 12.8 Å². The predicted molar refractivity (Wildman–Crippen MR) is 68.5 cm³/mol. The van der Waals surface area contributed by atoms with Gasteiger partial charge in [0.05, 0.1) is 6.10 Å². The number of rotatable bonds is 0. The van der Waals surface area contributed by atoms with E-state index in [9.17, 15) is 9.59 Å². The molecule has 0 aliphatic carbocycles. The molecule has 1 spiro atoms. The Balaban J connectivity index is 1.79. The van der Waals surface area contributed by atoms with Crippen LogP contribution in [0, 0.1) is 0 Å². The molecule has 0 N–H and O–H groups in total. The fraction of sp³-hybridized carbons (Fsp3) is 0.733. The van der Waals surface area contributed by atoms with Gasteiger partial charge >= 0.3 is 0 Å². The van der Waals surface area contributed by atoms with Crippen molar-refractivity contribution in [2.75, 3.05) is 0 Å². The second kappa shape index (κ2) is 3.92. The zero-order valence-electron chi connectivity index (χ0n) is 11.0. The van der Waals surface area contributed by atoms with Gasteiger partial charge in [0.1, 0.15) is 11.6 Å². The molecule has 4 rings (SSSR count). The lowest BCUT2D eigenvalue weighted by Crippen LogP contribution is -2.62. The Bertz CT molecular complexity index is 472. The highest BCUT2D eigenvalue weighted by molar-refractivity contribution is 5.93. The van der Waals surface area contributed by atoms with E-state index >= 15 is 0 Å². The monoisotopic (exact) mass is 261 g/mol. The number of carbonyl (C=O) groups excluding carboxylic acids is 2. The van der Waals surface area contributed by atoms with Crippen LogP contribution in [0.1, 0.15) is 44.9 Å². The first-order valence-electron chi connectivity index (χ1n) is 7.41. The SMILES string of the molecule is O=C1C[C@H]2C=C[C@]3(CCCC[C@@H]4CCC(=O)N4[C@@H]13)O2. The normalized spacial score (nSPS) is 44.8. The molecule has 4 heterocycles. The summed E-state index contributed by atoms with van der Waals surface area (Å²) in [6.07, 6.45) is 10.1. The van der Waals surface area contributed by atoms with Crippen molar-refractivity contribution in [3.05, 3.63) is 12.2 Å². The smallest absolute Gasteiger partial charge is 0.223 e. The Kier molecular flexibility index (Phi) is 2.40. The van der Waals surface area contributed by atoms with Gasteiger partial charge in [-0.15, -0.1) is 0 Å². The molecule has 0 saturated carbocycles. The molecule has 1 amide bonds. The Morgan fingerprint density at radius 1 is 1.26 bits per heavy atom. The fourth-order valence-electron chi connectivity index (χ4n) is 4.33. The topological polar surface area (TPSA) is 46.6 Å². The van der Waals surface area contributed by atoms with Crippen LogP contribution in [0.5, 0.6) is 0 Å². The van der Waals surface area contributed by atoms with Crippen molar-refractivity contribution in [1.82, 2.24) is 4.90 Å². The molecule has 4 nitrogen and oxygen atoms in total. The Labute approximate surface area is 112 Å². The van der Waals surface area contributed by atoms with Crippen molar-refractivity contribution in [3.63, 3.8) is 0 Å². The van der Waals surface area contributed by atoms with E-state index < -0.39 is 5.60 Å². The van der Waals surface area contributed by atoms with Crippen molar-refractivity contribution >= 4 is 11.7 Å². The summed E-state index contributed by atoms with van der Waals surface area (Å²) in [6.45, 7) is 0. The third-order valence-corrected chi connectivity index (χ3v) is 5.14. The van der Waals surface area contributed by atoms with Gasteiger partial charge in [0, 0.05) is 18.9 Å². The van der Waals surface area contributed by atoms with E-state index in [2.05, 4.69) is 6.08 Å². The van der Waals surface area contributed by atoms with Gasteiger partial charge in [0.25, 0.3) is 0 Å². The summed E-state index contributed by atoms with van der Waals surface area (Å²) < 4.78 is 6.13. The Morgan fingerprint density at radius 3 is 3.05 bits per heavy atom. The Hall–Kier alpha value is -1.16. The highest BCUT2D eigenvalue weighted by atomic mass is 16.5. The van der Waals surface area contributed by atoms with E-state index in [0.717, 1.165) is 32.1 Å². The average Bonchev–Trinajstić information content (AvgIpc) is 2.88. The zero-order valence-corrected chi connectivity index (χ0v) is 11.0. The molecule has 4 aliphatic heterocycles. The lowest BCUT2D eigenvalue weighted by atomic mass is 9.81. The van der Waals surface area contributed by atoms with E-state index in [1.807, 2.05) is 11.0 Å². The number of hydrogen-bond acceptors (Lipinski definition) is 3. The quantitative estimate of drug-likeness (QED) is 0.622. The first-order chi connectivity index (χ1) is 9.20. The van der Waals surface area contributed by atoms with Gasteiger partial charge in [0.2, 0.25) is 5.91 Å². The van der Waals surface area contributed by atoms with Crippen LogP contribution in [-0.2, 0) is 14.3 Å². The second-order valence-corrected chi connectivity index (χ2v) is 6.28. The predicted octanol–water partition coefficient (Wildman–Crippen LogP) is 1.59. The molecular formula is C15H19NO3. The first kappa shape index (κ1) is 11.6. The molecule has 4 heteroatoms. The number of carbonyl (C=O) groups is 2. The Morgan fingerprint density at radius 2 is 2.16 bits per heavy atom. The molecule has 2 bridgehead atoms. The molecule has 19 heavy (non-hydrogen) atoms. The molecule has 4 atom stereocenters. The van der Waals surface area contributed by atoms with Crippen molar-refractivity contribution in [3.8, 4) is 0 Å². The minimum Gasteiger partial charge on any atom is -0.361 e. The molecule has 4 aliphatic rings. The summed E-state index contributed by atoms with van der Waals surface area (Å²) in [7, 11) is 0. The zero-order chi connectivity index (χ0) is 13.0. The van der Waals surface area contributed by atoms with Crippen molar-refractivity contribution in [1.29, 1.82) is 0 Å². The van der Waals surface area contributed by atoms with Gasteiger partial charge in [-0.1, -0.05) is 25.0 Å². The van der Waals surface area contributed by atoms with Gasteiger partial charge in [-0.2, -0.15) is 0 Å². The number of hydrogen-bond donors (Lipinski definition) is 0. The van der Waals surface area contributed by atoms with Crippen LogP contribution < -0.4 is 0 Å². The number of nitrogens with zero attached hydrogens (tertiary/aromatic N) is 1. The maximum absolute atomic E-state index is 12.5. The van der Waals surface area contributed by atoms with Crippen LogP contribution >= 0.6 is 0 Å². The molecule has 0 aromatic rings. The van der Waals surface area contributed by atoms with Crippen molar-refractivity contribution in [2.45, 2.75) is 68.7 Å².